The monoisotopic (exact) mass is 344 g/mol. The molecule has 0 saturated carbocycles. The summed E-state index contributed by atoms with van der Waals surface area (Å²) in [6, 6.07) is 14.7. The minimum atomic E-state index is -0.801. The zero-order valence-corrected chi connectivity index (χ0v) is 13.7. The molecule has 2 aromatic carbocycles. The third-order valence-electron chi connectivity index (χ3n) is 3.62. The first-order valence-electron chi connectivity index (χ1n) is 7.58. The van der Waals surface area contributed by atoms with Crippen molar-refractivity contribution in [3.05, 3.63) is 75.8 Å². The summed E-state index contributed by atoms with van der Waals surface area (Å²) in [6.07, 6.45) is 0.628. The fourth-order valence-electron chi connectivity index (χ4n) is 2.43. The maximum Gasteiger partial charge on any atom is 0.261 e. The smallest absolute Gasteiger partial charge is 0.261 e. The molecule has 1 N–H and O–H groups in total. The maximum atomic E-state index is 12.4. The zero-order valence-electron chi connectivity index (χ0n) is 12.9. The Morgan fingerprint density at radius 3 is 2.79 bits per heavy atom. The van der Waals surface area contributed by atoms with Crippen LogP contribution in [0.15, 0.2) is 59.7 Å². The highest BCUT2D eigenvalue weighted by Gasteiger charge is 2.10. The maximum absolute atomic E-state index is 12.4. The number of halogens is 1. The van der Waals surface area contributed by atoms with Crippen molar-refractivity contribution in [3.63, 3.8) is 0 Å². The standard InChI is InChI=1S/C18H17ClN2O3/c19-14-6-7-17-16(8-14)18(23)21(12-20-17)9-15(22)11-24-10-13-4-2-1-3-5-13/h1-8,12,15,22H,9-11H2/t15-/m1/s1. The van der Waals surface area contributed by atoms with Crippen LogP contribution in [-0.4, -0.2) is 27.4 Å². The van der Waals surface area contributed by atoms with Crippen LogP contribution in [-0.2, 0) is 17.9 Å². The lowest BCUT2D eigenvalue weighted by Crippen LogP contribution is -2.29. The molecular weight excluding hydrogens is 328 g/mol. The Bertz CT molecular complexity index is 880. The van der Waals surface area contributed by atoms with Gasteiger partial charge < -0.3 is 9.84 Å². The number of hydrogen-bond acceptors (Lipinski definition) is 4. The summed E-state index contributed by atoms with van der Waals surface area (Å²) in [7, 11) is 0. The molecule has 1 aromatic heterocycles. The molecule has 0 aliphatic carbocycles. The molecule has 0 aliphatic heterocycles. The number of benzene rings is 2. The van der Waals surface area contributed by atoms with E-state index in [9.17, 15) is 9.90 Å². The van der Waals surface area contributed by atoms with Crippen molar-refractivity contribution in [1.82, 2.24) is 9.55 Å². The van der Waals surface area contributed by atoms with E-state index in [0.29, 0.717) is 22.5 Å². The van der Waals surface area contributed by atoms with Crippen LogP contribution in [0.5, 0.6) is 0 Å². The summed E-state index contributed by atoms with van der Waals surface area (Å²) in [6.45, 7) is 0.663. The Morgan fingerprint density at radius 2 is 2.00 bits per heavy atom. The molecule has 3 rings (SSSR count). The van der Waals surface area contributed by atoms with Gasteiger partial charge in [0.25, 0.3) is 5.56 Å². The molecule has 0 bridgehead atoms. The average molecular weight is 345 g/mol. The Labute approximate surface area is 144 Å². The lowest BCUT2D eigenvalue weighted by atomic mass is 10.2. The van der Waals surface area contributed by atoms with E-state index in [0.717, 1.165) is 5.56 Å². The quantitative estimate of drug-likeness (QED) is 0.746. The van der Waals surface area contributed by atoms with Crippen LogP contribution in [0.3, 0.4) is 0 Å². The second kappa shape index (κ2) is 7.57. The van der Waals surface area contributed by atoms with E-state index in [2.05, 4.69) is 4.98 Å². The number of rotatable bonds is 6. The zero-order chi connectivity index (χ0) is 16.9. The number of hydrogen-bond donors (Lipinski definition) is 1. The van der Waals surface area contributed by atoms with E-state index in [4.69, 9.17) is 16.3 Å². The van der Waals surface area contributed by atoms with Crippen LogP contribution in [0.25, 0.3) is 10.9 Å². The minimum Gasteiger partial charge on any atom is -0.389 e. The molecule has 0 saturated heterocycles. The van der Waals surface area contributed by atoms with Gasteiger partial charge >= 0.3 is 0 Å². The van der Waals surface area contributed by atoms with Crippen molar-refractivity contribution in [3.8, 4) is 0 Å². The molecule has 0 spiro atoms. The molecule has 124 valence electrons. The van der Waals surface area contributed by atoms with E-state index in [1.165, 1.54) is 10.9 Å². The van der Waals surface area contributed by atoms with Crippen LogP contribution >= 0.6 is 11.6 Å². The first kappa shape index (κ1) is 16.6. The molecule has 1 heterocycles. The normalized spacial score (nSPS) is 12.4. The van der Waals surface area contributed by atoms with Crippen molar-refractivity contribution in [1.29, 1.82) is 0 Å². The molecule has 0 aliphatic rings. The topological polar surface area (TPSA) is 64.4 Å². The summed E-state index contributed by atoms with van der Waals surface area (Å²) < 4.78 is 6.86. The Hall–Kier alpha value is -2.21. The van der Waals surface area contributed by atoms with E-state index in [-0.39, 0.29) is 18.7 Å². The van der Waals surface area contributed by atoms with E-state index in [1.807, 2.05) is 30.3 Å². The van der Waals surface area contributed by atoms with Gasteiger partial charge in [-0.25, -0.2) is 4.98 Å². The second-order valence-corrected chi connectivity index (χ2v) is 5.95. The van der Waals surface area contributed by atoms with Crippen molar-refractivity contribution >= 4 is 22.5 Å². The summed E-state index contributed by atoms with van der Waals surface area (Å²) in [5.41, 5.74) is 1.38. The van der Waals surface area contributed by atoms with Gasteiger partial charge in [0.1, 0.15) is 0 Å². The molecule has 5 nitrogen and oxygen atoms in total. The third-order valence-corrected chi connectivity index (χ3v) is 3.85. The minimum absolute atomic E-state index is 0.114. The van der Waals surface area contributed by atoms with Gasteiger partial charge in [-0.2, -0.15) is 0 Å². The van der Waals surface area contributed by atoms with Gasteiger partial charge in [-0.05, 0) is 23.8 Å². The average Bonchev–Trinajstić information content (AvgIpc) is 2.59. The lowest BCUT2D eigenvalue weighted by Gasteiger charge is -2.13. The first-order chi connectivity index (χ1) is 11.6. The highest BCUT2D eigenvalue weighted by Crippen LogP contribution is 2.14. The molecule has 0 amide bonds. The molecule has 6 heteroatoms. The van der Waals surface area contributed by atoms with Crippen molar-refractivity contribution in [2.45, 2.75) is 19.3 Å². The van der Waals surface area contributed by atoms with Gasteiger partial charge in [-0.15, -0.1) is 0 Å². The highest BCUT2D eigenvalue weighted by molar-refractivity contribution is 6.31. The first-order valence-corrected chi connectivity index (χ1v) is 7.96. The van der Waals surface area contributed by atoms with Crippen LogP contribution < -0.4 is 5.56 Å². The summed E-state index contributed by atoms with van der Waals surface area (Å²) in [5, 5.41) is 11.0. The second-order valence-electron chi connectivity index (χ2n) is 5.52. The molecule has 0 fully saturated rings. The third kappa shape index (κ3) is 4.00. The lowest BCUT2D eigenvalue weighted by molar-refractivity contribution is 0.0198. The summed E-state index contributed by atoms with van der Waals surface area (Å²) in [5.74, 6) is 0. The Kier molecular flexibility index (Phi) is 5.25. The van der Waals surface area contributed by atoms with E-state index >= 15 is 0 Å². The van der Waals surface area contributed by atoms with Gasteiger partial charge in [0, 0.05) is 5.02 Å². The SMILES string of the molecule is O=c1c2cc(Cl)ccc2ncn1C[C@@H](O)COCc1ccccc1. The Balaban J connectivity index is 1.64. The van der Waals surface area contributed by atoms with Crippen molar-refractivity contribution in [2.75, 3.05) is 6.61 Å². The van der Waals surface area contributed by atoms with Gasteiger partial charge in [0.2, 0.25) is 0 Å². The summed E-state index contributed by atoms with van der Waals surface area (Å²) in [4.78, 5) is 16.6. The number of ether oxygens (including phenoxy) is 1. The Morgan fingerprint density at radius 1 is 1.21 bits per heavy atom. The largest absolute Gasteiger partial charge is 0.389 e. The van der Waals surface area contributed by atoms with Gasteiger partial charge in [0.15, 0.2) is 0 Å². The number of aromatic nitrogens is 2. The van der Waals surface area contributed by atoms with Crippen LogP contribution in [0, 0.1) is 0 Å². The molecule has 24 heavy (non-hydrogen) atoms. The predicted octanol–water partition coefficient (Wildman–Crippen LogP) is 2.63. The van der Waals surface area contributed by atoms with Gasteiger partial charge in [-0.1, -0.05) is 41.9 Å². The molecular formula is C18H17ClN2O3. The number of aliphatic hydroxyl groups is 1. The summed E-state index contributed by atoms with van der Waals surface area (Å²) >= 11 is 5.93. The van der Waals surface area contributed by atoms with Gasteiger partial charge in [-0.3, -0.25) is 9.36 Å². The van der Waals surface area contributed by atoms with Gasteiger partial charge in [0.05, 0.1) is 43.1 Å². The molecule has 1 atom stereocenters. The fraction of sp³-hybridized carbons (Fsp3) is 0.222. The molecule has 0 radical (unpaired) electrons. The molecule has 3 aromatic rings. The number of aliphatic hydroxyl groups excluding tert-OH is 1. The predicted molar refractivity (Wildman–Crippen MR) is 93.1 cm³/mol. The number of fused-ring (bicyclic) bond motifs is 1. The van der Waals surface area contributed by atoms with Crippen LogP contribution in [0.4, 0.5) is 0 Å². The van der Waals surface area contributed by atoms with Crippen LogP contribution in [0.1, 0.15) is 5.56 Å². The van der Waals surface area contributed by atoms with Crippen molar-refractivity contribution in [2.24, 2.45) is 0 Å². The van der Waals surface area contributed by atoms with E-state index < -0.39 is 6.10 Å². The van der Waals surface area contributed by atoms with E-state index in [1.54, 1.807) is 18.2 Å². The fourth-order valence-corrected chi connectivity index (χ4v) is 2.60. The van der Waals surface area contributed by atoms with Crippen molar-refractivity contribution < 1.29 is 9.84 Å². The number of nitrogens with zero attached hydrogens (tertiary/aromatic N) is 2. The van der Waals surface area contributed by atoms with Crippen LogP contribution in [0.2, 0.25) is 5.02 Å². The highest BCUT2D eigenvalue weighted by atomic mass is 35.5. The molecule has 0 unspecified atom stereocenters.